The Hall–Kier alpha value is -1.88. The zero-order valence-electron chi connectivity index (χ0n) is 14.3. The third-order valence-corrected chi connectivity index (χ3v) is 4.81. The number of rotatable bonds is 6. The Morgan fingerprint density at radius 2 is 1.96 bits per heavy atom. The molecule has 0 spiro atoms. The summed E-state index contributed by atoms with van der Waals surface area (Å²) in [5.41, 5.74) is 5.87. The zero-order valence-corrected chi connectivity index (χ0v) is 14.3. The van der Waals surface area contributed by atoms with Gasteiger partial charge in [-0.2, -0.15) is 0 Å². The fourth-order valence-electron chi connectivity index (χ4n) is 3.22. The van der Waals surface area contributed by atoms with Crippen LogP contribution >= 0.6 is 0 Å². The van der Waals surface area contributed by atoms with Crippen LogP contribution in [0.15, 0.2) is 30.3 Å². The van der Waals surface area contributed by atoms with Crippen molar-refractivity contribution in [3.63, 3.8) is 0 Å². The summed E-state index contributed by atoms with van der Waals surface area (Å²) in [7, 11) is 4.00. The third kappa shape index (κ3) is 3.72. The lowest BCUT2D eigenvalue weighted by Crippen LogP contribution is -2.45. The van der Waals surface area contributed by atoms with E-state index in [0.717, 1.165) is 18.5 Å². The van der Waals surface area contributed by atoms with Gasteiger partial charge in [-0.3, -0.25) is 9.59 Å². The average molecular weight is 317 g/mol. The van der Waals surface area contributed by atoms with Crippen molar-refractivity contribution in [3.8, 4) is 0 Å². The maximum absolute atomic E-state index is 12.7. The smallest absolute Gasteiger partial charge is 0.229 e. The number of nitrogens with two attached hydrogens (primary N) is 1. The molecule has 1 aliphatic rings. The van der Waals surface area contributed by atoms with Crippen LogP contribution in [0.4, 0.5) is 0 Å². The molecule has 1 fully saturated rings. The molecule has 0 radical (unpaired) electrons. The molecule has 1 saturated heterocycles. The Labute approximate surface area is 138 Å². The highest BCUT2D eigenvalue weighted by Gasteiger charge is 2.46. The van der Waals surface area contributed by atoms with Crippen LogP contribution in [0, 0.1) is 5.92 Å². The minimum absolute atomic E-state index is 0.0446. The van der Waals surface area contributed by atoms with Crippen LogP contribution in [-0.4, -0.2) is 55.3 Å². The van der Waals surface area contributed by atoms with E-state index in [-0.39, 0.29) is 17.7 Å². The van der Waals surface area contributed by atoms with Crippen molar-refractivity contribution in [1.29, 1.82) is 0 Å². The van der Waals surface area contributed by atoms with E-state index in [2.05, 4.69) is 4.90 Å². The van der Waals surface area contributed by atoms with Crippen LogP contribution in [-0.2, 0) is 15.0 Å². The number of carbonyl (C=O) groups is 2. The number of nitrogens with zero attached hydrogens (tertiary/aromatic N) is 2. The highest BCUT2D eigenvalue weighted by Crippen LogP contribution is 2.35. The largest absolute Gasteiger partial charge is 0.369 e. The van der Waals surface area contributed by atoms with Gasteiger partial charge in [-0.25, -0.2) is 0 Å². The van der Waals surface area contributed by atoms with Gasteiger partial charge in [-0.1, -0.05) is 37.3 Å². The normalized spacial score (nSPS) is 22.3. The van der Waals surface area contributed by atoms with Gasteiger partial charge in [-0.05, 0) is 39.0 Å². The van der Waals surface area contributed by atoms with Gasteiger partial charge in [0.05, 0.1) is 5.41 Å². The maximum atomic E-state index is 12.7. The SMILES string of the molecule is CC(CCN(C)C)C(=O)N1CCC(C(N)=O)(c2ccccc2)C1. The minimum Gasteiger partial charge on any atom is -0.369 e. The van der Waals surface area contributed by atoms with Crippen molar-refractivity contribution in [2.75, 3.05) is 33.7 Å². The van der Waals surface area contributed by atoms with Crippen molar-refractivity contribution in [2.24, 2.45) is 11.7 Å². The van der Waals surface area contributed by atoms with Crippen LogP contribution in [0.3, 0.4) is 0 Å². The first-order valence-corrected chi connectivity index (χ1v) is 8.16. The molecule has 0 bridgehead atoms. The molecule has 23 heavy (non-hydrogen) atoms. The summed E-state index contributed by atoms with van der Waals surface area (Å²) >= 11 is 0. The van der Waals surface area contributed by atoms with E-state index in [0.29, 0.717) is 19.5 Å². The molecule has 0 aromatic heterocycles. The van der Waals surface area contributed by atoms with Gasteiger partial charge in [0.2, 0.25) is 11.8 Å². The molecule has 1 aromatic rings. The standard InChI is InChI=1S/C18H27N3O2/c1-14(9-11-20(2)3)16(22)21-12-10-18(13-21,17(19)23)15-7-5-4-6-8-15/h4-8,14H,9-13H2,1-3H3,(H2,19,23). The van der Waals surface area contributed by atoms with Gasteiger partial charge in [0.1, 0.15) is 0 Å². The summed E-state index contributed by atoms with van der Waals surface area (Å²) in [6, 6.07) is 9.58. The van der Waals surface area contributed by atoms with Crippen LogP contribution < -0.4 is 5.73 Å². The number of benzene rings is 1. The van der Waals surface area contributed by atoms with Gasteiger partial charge < -0.3 is 15.5 Å². The highest BCUT2D eigenvalue weighted by atomic mass is 16.2. The van der Waals surface area contributed by atoms with Gasteiger partial charge in [0.25, 0.3) is 0 Å². The first kappa shape index (κ1) is 17.5. The van der Waals surface area contributed by atoms with Crippen LogP contribution in [0.2, 0.25) is 0 Å². The van der Waals surface area contributed by atoms with E-state index in [4.69, 9.17) is 5.73 Å². The predicted octanol–water partition coefficient (Wildman–Crippen LogP) is 1.23. The molecule has 0 saturated carbocycles. The lowest BCUT2D eigenvalue weighted by Gasteiger charge is -2.27. The monoisotopic (exact) mass is 317 g/mol. The molecule has 2 unspecified atom stereocenters. The van der Waals surface area contributed by atoms with Gasteiger partial charge in [0, 0.05) is 19.0 Å². The van der Waals surface area contributed by atoms with Crippen LogP contribution in [0.25, 0.3) is 0 Å². The van der Waals surface area contributed by atoms with Crippen molar-refractivity contribution < 1.29 is 9.59 Å². The lowest BCUT2D eigenvalue weighted by molar-refractivity contribution is -0.134. The molecule has 2 N–H and O–H groups in total. The molecule has 1 heterocycles. The van der Waals surface area contributed by atoms with Crippen LogP contribution in [0.5, 0.6) is 0 Å². The Morgan fingerprint density at radius 1 is 1.30 bits per heavy atom. The quantitative estimate of drug-likeness (QED) is 0.858. The van der Waals surface area contributed by atoms with E-state index in [1.807, 2.05) is 51.4 Å². The van der Waals surface area contributed by atoms with Crippen molar-refractivity contribution >= 4 is 11.8 Å². The zero-order chi connectivity index (χ0) is 17.0. The summed E-state index contributed by atoms with van der Waals surface area (Å²) < 4.78 is 0. The number of primary amides is 1. The van der Waals surface area contributed by atoms with E-state index in [1.165, 1.54) is 0 Å². The molecule has 0 aliphatic carbocycles. The summed E-state index contributed by atoms with van der Waals surface area (Å²) in [6.45, 7) is 3.81. The fourth-order valence-corrected chi connectivity index (χ4v) is 3.22. The maximum Gasteiger partial charge on any atom is 0.229 e. The number of hydrogen-bond acceptors (Lipinski definition) is 3. The number of carbonyl (C=O) groups excluding carboxylic acids is 2. The van der Waals surface area contributed by atoms with Gasteiger partial charge >= 0.3 is 0 Å². The minimum atomic E-state index is -0.752. The number of likely N-dealkylation sites (tertiary alicyclic amines) is 1. The molecule has 1 aromatic carbocycles. The second-order valence-electron chi connectivity index (χ2n) is 6.82. The third-order valence-electron chi connectivity index (χ3n) is 4.81. The summed E-state index contributed by atoms with van der Waals surface area (Å²) in [5.74, 6) is -0.275. The summed E-state index contributed by atoms with van der Waals surface area (Å²) in [4.78, 5) is 28.7. The van der Waals surface area contributed by atoms with Crippen molar-refractivity contribution in [3.05, 3.63) is 35.9 Å². The summed E-state index contributed by atoms with van der Waals surface area (Å²) in [6.07, 6.45) is 1.41. The molecule has 1 aliphatic heterocycles. The lowest BCUT2D eigenvalue weighted by atomic mass is 9.79. The van der Waals surface area contributed by atoms with E-state index < -0.39 is 5.41 Å². The Morgan fingerprint density at radius 3 is 2.52 bits per heavy atom. The van der Waals surface area contributed by atoms with Crippen molar-refractivity contribution in [2.45, 2.75) is 25.2 Å². The Kier molecular flexibility index (Phi) is 5.42. The number of hydrogen-bond donors (Lipinski definition) is 1. The van der Waals surface area contributed by atoms with E-state index in [9.17, 15) is 9.59 Å². The molecule has 2 rings (SSSR count). The molecule has 2 amide bonds. The van der Waals surface area contributed by atoms with Crippen LogP contribution in [0.1, 0.15) is 25.3 Å². The molecule has 126 valence electrons. The van der Waals surface area contributed by atoms with E-state index in [1.54, 1.807) is 4.90 Å². The molecule has 2 atom stereocenters. The van der Waals surface area contributed by atoms with E-state index >= 15 is 0 Å². The topological polar surface area (TPSA) is 66.6 Å². The molecule has 5 heteroatoms. The fraction of sp³-hybridized carbons (Fsp3) is 0.556. The van der Waals surface area contributed by atoms with Gasteiger partial charge in [0.15, 0.2) is 0 Å². The van der Waals surface area contributed by atoms with Gasteiger partial charge in [-0.15, -0.1) is 0 Å². The Balaban J connectivity index is 2.11. The average Bonchev–Trinajstić information content (AvgIpc) is 2.99. The molecular formula is C18H27N3O2. The second kappa shape index (κ2) is 7.13. The number of amides is 2. The highest BCUT2D eigenvalue weighted by molar-refractivity contribution is 5.89. The molecule has 5 nitrogen and oxygen atoms in total. The first-order valence-electron chi connectivity index (χ1n) is 8.16. The summed E-state index contributed by atoms with van der Waals surface area (Å²) in [5, 5.41) is 0. The Bertz CT molecular complexity index is 559. The van der Waals surface area contributed by atoms with Crippen molar-refractivity contribution in [1.82, 2.24) is 9.80 Å². The molecular weight excluding hydrogens is 290 g/mol. The first-order chi connectivity index (χ1) is 10.9. The second-order valence-corrected chi connectivity index (χ2v) is 6.82. The predicted molar refractivity (Wildman–Crippen MR) is 90.8 cm³/mol.